The predicted molar refractivity (Wildman–Crippen MR) is 49.9 cm³/mol. The Kier molecular flexibility index (Phi) is 3.05. The molecule has 80 valence electrons. The van der Waals surface area contributed by atoms with Gasteiger partial charge in [0.2, 0.25) is 10.3 Å². The van der Waals surface area contributed by atoms with Gasteiger partial charge in [0.05, 0.1) is 10.4 Å². The monoisotopic (exact) mass is 230 g/mol. The van der Waals surface area contributed by atoms with E-state index in [0.717, 1.165) is 12.2 Å². The lowest BCUT2D eigenvalue weighted by molar-refractivity contribution is -0.141. The third-order valence-electron chi connectivity index (χ3n) is 1.82. The summed E-state index contributed by atoms with van der Waals surface area (Å²) in [6.45, 7) is 0. The van der Waals surface area contributed by atoms with Crippen molar-refractivity contribution in [2.75, 3.05) is 0 Å². The van der Waals surface area contributed by atoms with Gasteiger partial charge >= 0.3 is 11.9 Å². The van der Waals surface area contributed by atoms with Crippen molar-refractivity contribution in [3.8, 4) is 0 Å². The van der Waals surface area contributed by atoms with E-state index in [1.165, 1.54) is 6.08 Å². The Bertz CT molecular complexity index is 499. The van der Waals surface area contributed by atoms with Crippen LogP contribution in [0.15, 0.2) is 23.8 Å². The molecule has 0 saturated heterocycles. The molecule has 1 atom stereocenters. The molecule has 0 bridgehead atoms. The van der Waals surface area contributed by atoms with E-state index in [0.29, 0.717) is 0 Å². The summed E-state index contributed by atoms with van der Waals surface area (Å²) in [5, 5.41) is 17.4. The van der Waals surface area contributed by atoms with Crippen molar-refractivity contribution >= 4 is 27.1 Å². The molecule has 0 radical (unpaired) electrons. The van der Waals surface area contributed by atoms with Crippen LogP contribution in [0.3, 0.4) is 0 Å². The fourth-order valence-electron chi connectivity index (χ4n) is 1.19. The molecule has 0 heterocycles. The van der Waals surface area contributed by atoms with Gasteiger partial charge in [-0.2, -0.15) is 8.42 Å². The Balaban J connectivity index is 3.40. The maximum Gasteiger partial charge on any atom is 0.332 e. The summed E-state index contributed by atoms with van der Waals surface area (Å²) >= 11 is 0. The van der Waals surface area contributed by atoms with Crippen molar-refractivity contribution in [1.29, 1.82) is 0 Å². The quantitative estimate of drug-likeness (QED) is 0.608. The zero-order valence-corrected chi connectivity index (χ0v) is 8.06. The fourth-order valence-corrected chi connectivity index (χ4v) is 1.80. The standard InChI is InChI=1S/C8H6O6S/c9-7(10)4-2-1-3-5(15(13)14)6(4)8(11)12/h1-3,6H,(H,9,10)(H,11,12). The van der Waals surface area contributed by atoms with Crippen molar-refractivity contribution < 1.29 is 28.2 Å². The molecule has 0 aliphatic heterocycles. The van der Waals surface area contributed by atoms with Crippen LogP contribution in [0.2, 0.25) is 0 Å². The first-order valence-corrected chi connectivity index (χ1v) is 4.83. The zero-order chi connectivity index (χ0) is 11.6. The Morgan fingerprint density at radius 2 is 1.87 bits per heavy atom. The lowest BCUT2D eigenvalue weighted by Crippen LogP contribution is -2.30. The third-order valence-corrected chi connectivity index (χ3v) is 2.57. The van der Waals surface area contributed by atoms with Crippen molar-refractivity contribution in [2.45, 2.75) is 0 Å². The average Bonchev–Trinajstić information content (AvgIpc) is 2.16. The summed E-state index contributed by atoms with van der Waals surface area (Å²) in [7, 11) is -2.75. The van der Waals surface area contributed by atoms with Crippen molar-refractivity contribution in [3.63, 3.8) is 0 Å². The van der Waals surface area contributed by atoms with Crippen molar-refractivity contribution in [2.24, 2.45) is 5.92 Å². The molecule has 1 unspecified atom stereocenters. The lowest BCUT2D eigenvalue weighted by atomic mass is 9.91. The second-order valence-corrected chi connectivity index (χ2v) is 3.64. The predicted octanol–water partition coefficient (Wildman–Crippen LogP) is -0.680. The van der Waals surface area contributed by atoms with Crippen LogP contribution < -0.4 is 0 Å². The minimum atomic E-state index is -2.75. The van der Waals surface area contributed by atoms with Crippen molar-refractivity contribution in [1.82, 2.24) is 0 Å². The van der Waals surface area contributed by atoms with Gasteiger partial charge in [-0.25, -0.2) is 4.79 Å². The number of hydrogen-bond acceptors (Lipinski definition) is 4. The highest BCUT2D eigenvalue weighted by molar-refractivity contribution is 7.73. The first-order valence-electron chi connectivity index (χ1n) is 3.75. The molecule has 0 aromatic heterocycles. The maximum absolute atomic E-state index is 10.8. The van der Waals surface area contributed by atoms with E-state index >= 15 is 0 Å². The largest absolute Gasteiger partial charge is 0.481 e. The van der Waals surface area contributed by atoms with Gasteiger partial charge in [-0.1, -0.05) is 12.2 Å². The molecule has 15 heavy (non-hydrogen) atoms. The summed E-state index contributed by atoms with van der Waals surface area (Å²) in [5.74, 6) is -4.59. The number of hydrogen-bond donors (Lipinski definition) is 2. The lowest BCUT2D eigenvalue weighted by Gasteiger charge is -2.13. The van der Waals surface area contributed by atoms with Crippen LogP contribution in [-0.4, -0.2) is 35.4 Å². The van der Waals surface area contributed by atoms with Crippen molar-refractivity contribution in [3.05, 3.63) is 23.8 Å². The molecular weight excluding hydrogens is 224 g/mol. The molecule has 2 N–H and O–H groups in total. The van der Waals surface area contributed by atoms with Gasteiger partial charge < -0.3 is 10.2 Å². The second kappa shape index (κ2) is 4.09. The van der Waals surface area contributed by atoms with Crippen LogP contribution >= 0.6 is 0 Å². The highest BCUT2D eigenvalue weighted by Gasteiger charge is 2.33. The molecule has 7 heteroatoms. The van der Waals surface area contributed by atoms with Crippen LogP contribution in [0.25, 0.3) is 0 Å². The van der Waals surface area contributed by atoms with Crippen LogP contribution in [-0.2, 0) is 19.9 Å². The maximum atomic E-state index is 10.8. The highest BCUT2D eigenvalue weighted by Crippen LogP contribution is 2.18. The van der Waals surface area contributed by atoms with Gasteiger partial charge in [0.1, 0.15) is 5.92 Å². The fraction of sp³-hybridized carbons (Fsp3) is 0.125. The van der Waals surface area contributed by atoms with Crippen LogP contribution in [0.4, 0.5) is 0 Å². The van der Waals surface area contributed by atoms with Crippen LogP contribution in [0, 0.1) is 5.92 Å². The Hall–Kier alpha value is -1.89. The molecule has 0 amide bonds. The number of aliphatic carboxylic acids is 2. The molecular formula is C8H6O6S. The Labute approximate surface area is 85.7 Å². The summed E-state index contributed by atoms with van der Waals surface area (Å²) in [6, 6.07) is 0. The average molecular weight is 230 g/mol. The van der Waals surface area contributed by atoms with E-state index in [9.17, 15) is 18.0 Å². The van der Waals surface area contributed by atoms with Gasteiger partial charge in [-0.3, -0.25) is 4.79 Å². The molecule has 0 spiro atoms. The minimum absolute atomic E-state index is 0.456. The highest BCUT2D eigenvalue weighted by atomic mass is 32.2. The molecule has 0 fully saturated rings. The summed E-state index contributed by atoms with van der Waals surface area (Å²) in [6.07, 6.45) is 3.32. The molecule has 0 aromatic carbocycles. The van der Waals surface area contributed by atoms with Crippen LogP contribution in [0.1, 0.15) is 0 Å². The number of allylic oxidation sites excluding steroid dienone is 3. The summed E-state index contributed by atoms with van der Waals surface area (Å²) in [5.41, 5.74) is -0.468. The van der Waals surface area contributed by atoms with Gasteiger partial charge in [0, 0.05) is 0 Å². The molecule has 1 aliphatic rings. The van der Waals surface area contributed by atoms with E-state index in [4.69, 9.17) is 10.2 Å². The third kappa shape index (κ3) is 2.13. The molecule has 0 aromatic rings. The Morgan fingerprint density at radius 1 is 1.27 bits per heavy atom. The van der Waals surface area contributed by atoms with Crippen LogP contribution in [0.5, 0.6) is 0 Å². The topological polar surface area (TPSA) is 109 Å². The van der Waals surface area contributed by atoms with E-state index < -0.39 is 38.6 Å². The van der Waals surface area contributed by atoms with E-state index in [1.807, 2.05) is 0 Å². The summed E-state index contributed by atoms with van der Waals surface area (Å²) < 4.78 is 21.3. The summed E-state index contributed by atoms with van der Waals surface area (Å²) in [4.78, 5) is 21.0. The minimum Gasteiger partial charge on any atom is -0.481 e. The van der Waals surface area contributed by atoms with E-state index in [2.05, 4.69) is 0 Å². The number of carboxylic acids is 2. The van der Waals surface area contributed by atoms with E-state index in [1.54, 1.807) is 0 Å². The van der Waals surface area contributed by atoms with Gasteiger partial charge in [-0.05, 0) is 6.08 Å². The molecule has 0 saturated carbocycles. The smallest absolute Gasteiger partial charge is 0.332 e. The van der Waals surface area contributed by atoms with Gasteiger partial charge in [0.25, 0.3) is 0 Å². The first-order chi connectivity index (χ1) is 6.95. The van der Waals surface area contributed by atoms with Gasteiger partial charge in [0.15, 0.2) is 0 Å². The molecule has 1 aliphatic carbocycles. The number of rotatable bonds is 2. The number of carboxylic acid groups (broad SMARTS) is 2. The Morgan fingerprint density at radius 3 is 2.27 bits per heavy atom. The molecule has 1 rings (SSSR count). The normalized spacial score (nSPS) is 19.6. The SMILES string of the molecule is O=C(O)C1=CC=CC(=S(=O)=O)C1C(=O)O. The second-order valence-electron chi connectivity index (χ2n) is 2.69. The van der Waals surface area contributed by atoms with Gasteiger partial charge in [-0.15, -0.1) is 0 Å². The van der Waals surface area contributed by atoms with E-state index in [-0.39, 0.29) is 0 Å². The molecule has 6 nitrogen and oxygen atoms in total. The zero-order valence-electron chi connectivity index (χ0n) is 7.25. The number of carbonyl (C=O) groups is 2. The first kappa shape index (κ1) is 11.2.